The maximum absolute atomic E-state index is 12.4. The van der Waals surface area contributed by atoms with Gasteiger partial charge in [-0.3, -0.25) is 25.6 Å². The lowest BCUT2D eigenvalue weighted by Crippen LogP contribution is -2.34. The third-order valence-corrected chi connectivity index (χ3v) is 4.92. The van der Waals surface area contributed by atoms with Gasteiger partial charge in [0.1, 0.15) is 0 Å². The van der Waals surface area contributed by atoms with Gasteiger partial charge in [-0.2, -0.15) is 8.42 Å². The molecule has 0 saturated heterocycles. The summed E-state index contributed by atoms with van der Waals surface area (Å²) in [5.41, 5.74) is 3.90. The van der Waals surface area contributed by atoms with Crippen molar-refractivity contribution in [1.82, 2.24) is 5.17 Å². The molecule has 0 spiro atoms. The number of nitrogens with zero attached hydrogens (tertiary/aromatic N) is 4. The van der Waals surface area contributed by atoms with Gasteiger partial charge < -0.3 is 10.5 Å². The normalized spacial score (nSPS) is 11.3. The number of hydrazone groups is 1. The zero-order chi connectivity index (χ0) is 23.3. The molecule has 0 aliphatic rings. The smallest absolute Gasteiger partial charge is 0.326 e. The van der Waals surface area contributed by atoms with Crippen molar-refractivity contribution in [1.29, 1.82) is 5.41 Å². The molecule has 0 bridgehead atoms. The lowest BCUT2D eigenvalue weighted by Gasteiger charge is -2.15. The molecule has 14 nitrogen and oxygen atoms in total. The number of hydroxylamine groups is 1. The first-order valence-corrected chi connectivity index (χ1v) is 9.58. The van der Waals surface area contributed by atoms with Crippen molar-refractivity contribution in [3.63, 3.8) is 0 Å². The lowest BCUT2D eigenvalue weighted by atomic mass is 10.1. The highest BCUT2D eigenvalue weighted by Crippen LogP contribution is 2.35. The number of ether oxygens (including phenoxy) is 1. The molecule has 0 amide bonds. The molecular formula is C16H16N6O8S. The van der Waals surface area contributed by atoms with Crippen LogP contribution in [0.4, 0.5) is 11.4 Å². The quantitative estimate of drug-likeness (QED) is 0.256. The summed E-state index contributed by atoms with van der Waals surface area (Å²) in [7, 11) is -3.37. The third-order valence-electron chi connectivity index (χ3n) is 3.73. The van der Waals surface area contributed by atoms with Crippen LogP contribution < -0.4 is 10.5 Å². The van der Waals surface area contributed by atoms with Gasteiger partial charge >= 0.3 is 15.8 Å². The second kappa shape index (κ2) is 9.14. The van der Waals surface area contributed by atoms with Crippen LogP contribution in [0.5, 0.6) is 5.75 Å². The second-order valence-corrected chi connectivity index (χ2v) is 7.34. The van der Waals surface area contributed by atoms with Crippen molar-refractivity contribution < 1.29 is 27.3 Å². The van der Waals surface area contributed by atoms with Gasteiger partial charge in [0.2, 0.25) is 5.96 Å². The van der Waals surface area contributed by atoms with Crippen molar-refractivity contribution >= 4 is 33.7 Å². The molecule has 0 atom stereocenters. The van der Waals surface area contributed by atoms with E-state index in [1.54, 1.807) is 6.92 Å². The van der Waals surface area contributed by atoms with Gasteiger partial charge in [-0.1, -0.05) is 22.9 Å². The maximum atomic E-state index is 12.4. The topological polar surface area (TPSA) is 204 Å². The van der Waals surface area contributed by atoms with Crippen LogP contribution >= 0.6 is 0 Å². The van der Waals surface area contributed by atoms with Crippen molar-refractivity contribution in [2.75, 3.05) is 7.11 Å². The Hall–Kier alpha value is -4.11. The molecule has 0 unspecified atom stereocenters. The van der Waals surface area contributed by atoms with Crippen LogP contribution in [0, 0.1) is 32.6 Å². The summed E-state index contributed by atoms with van der Waals surface area (Å²) in [6, 6.07) is 7.44. The van der Waals surface area contributed by atoms with Crippen molar-refractivity contribution in [2.24, 2.45) is 10.8 Å². The molecule has 2 aromatic carbocycles. The first kappa shape index (κ1) is 23.2. The highest BCUT2D eigenvalue weighted by molar-refractivity contribution is 7.86. The van der Waals surface area contributed by atoms with E-state index in [2.05, 4.69) is 5.10 Å². The molecule has 0 fully saturated rings. The van der Waals surface area contributed by atoms with Gasteiger partial charge in [-0.05, 0) is 25.1 Å². The zero-order valence-corrected chi connectivity index (χ0v) is 16.9. The van der Waals surface area contributed by atoms with Gasteiger partial charge in [-0.15, -0.1) is 9.39 Å². The summed E-state index contributed by atoms with van der Waals surface area (Å²) >= 11 is 0. The minimum absolute atomic E-state index is 0.0438. The number of hydrogen-bond donors (Lipinski definition) is 2. The Morgan fingerprint density at radius 1 is 1.16 bits per heavy atom. The number of aryl methyl sites for hydroxylation is 1. The Morgan fingerprint density at radius 2 is 1.77 bits per heavy atom. The predicted molar refractivity (Wildman–Crippen MR) is 107 cm³/mol. The van der Waals surface area contributed by atoms with Gasteiger partial charge in [-0.25, -0.2) is 0 Å². The fourth-order valence-corrected chi connectivity index (χ4v) is 3.15. The minimum atomic E-state index is -4.49. The van der Waals surface area contributed by atoms with E-state index >= 15 is 0 Å². The first-order valence-electron chi connectivity index (χ1n) is 8.17. The SMILES string of the molecule is COc1ccc([N+](=O)[O-])c(C=NN(OS(=O)(=O)c2ccc(C)cc2)C(=N)N)c1[N+](=O)[O-]. The Morgan fingerprint density at radius 3 is 2.26 bits per heavy atom. The van der Waals surface area contributed by atoms with E-state index in [1.165, 1.54) is 24.3 Å². The molecule has 0 saturated carbocycles. The van der Waals surface area contributed by atoms with E-state index in [4.69, 9.17) is 20.2 Å². The van der Waals surface area contributed by atoms with Crippen LogP contribution in [0.1, 0.15) is 11.1 Å². The van der Waals surface area contributed by atoms with Gasteiger partial charge in [0.15, 0.2) is 11.3 Å². The van der Waals surface area contributed by atoms with E-state index in [0.717, 1.165) is 24.8 Å². The fraction of sp³-hybridized carbons (Fsp3) is 0.125. The van der Waals surface area contributed by atoms with Gasteiger partial charge in [0.05, 0.1) is 28.1 Å². The van der Waals surface area contributed by atoms with E-state index in [0.29, 0.717) is 6.21 Å². The summed E-state index contributed by atoms with van der Waals surface area (Å²) in [5.74, 6) is -1.32. The summed E-state index contributed by atoms with van der Waals surface area (Å²) < 4.78 is 34.3. The molecule has 0 heterocycles. The van der Waals surface area contributed by atoms with Gasteiger partial charge in [0, 0.05) is 6.07 Å². The average molecular weight is 452 g/mol. The fourth-order valence-electron chi connectivity index (χ4n) is 2.29. The average Bonchev–Trinajstić information content (AvgIpc) is 2.69. The summed E-state index contributed by atoms with van der Waals surface area (Å²) in [6.07, 6.45) is 0.574. The number of methoxy groups -OCH3 is 1. The number of rotatable bonds is 8. The van der Waals surface area contributed by atoms with Crippen LogP contribution in [0.3, 0.4) is 0 Å². The number of nitro groups is 2. The summed E-state index contributed by atoms with van der Waals surface area (Å²) in [5, 5.41) is 33.7. The molecule has 0 aliphatic carbocycles. The van der Waals surface area contributed by atoms with Crippen LogP contribution in [0.15, 0.2) is 46.4 Å². The van der Waals surface area contributed by atoms with Crippen molar-refractivity contribution in [3.05, 3.63) is 67.8 Å². The monoisotopic (exact) mass is 452 g/mol. The Labute approximate surface area is 175 Å². The summed E-state index contributed by atoms with van der Waals surface area (Å²) in [4.78, 5) is 20.6. The van der Waals surface area contributed by atoms with Crippen LogP contribution in [-0.4, -0.2) is 42.7 Å². The Kier molecular flexibility index (Phi) is 6.83. The Bertz CT molecular complexity index is 1160. The number of nitrogens with two attached hydrogens (primary N) is 1. The molecular weight excluding hydrogens is 436 g/mol. The number of nitro benzene ring substituents is 2. The molecule has 3 N–H and O–H groups in total. The molecule has 0 radical (unpaired) electrons. The first-order chi connectivity index (χ1) is 14.5. The molecule has 15 heteroatoms. The maximum Gasteiger partial charge on any atom is 0.326 e. The van der Waals surface area contributed by atoms with Gasteiger partial charge in [0.25, 0.3) is 5.69 Å². The van der Waals surface area contributed by atoms with E-state index in [-0.39, 0.29) is 15.8 Å². The van der Waals surface area contributed by atoms with Crippen molar-refractivity contribution in [2.45, 2.75) is 11.8 Å². The number of nitrogens with one attached hydrogen (secondary N) is 1. The van der Waals surface area contributed by atoms with Crippen LogP contribution in [-0.2, 0) is 14.4 Å². The highest BCUT2D eigenvalue weighted by Gasteiger charge is 2.29. The minimum Gasteiger partial charge on any atom is -0.490 e. The van der Waals surface area contributed by atoms with Crippen molar-refractivity contribution in [3.8, 4) is 5.75 Å². The number of hydrogen-bond acceptors (Lipinski definition) is 10. The molecule has 0 aliphatic heterocycles. The highest BCUT2D eigenvalue weighted by atomic mass is 32.2. The lowest BCUT2D eigenvalue weighted by molar-refractivity contribution is -0.394. The second-order valence-electron chi connectivity index (χ2n) is 5.81. The predicted octanol–water partition coefficient (Wildman–Crippen LogP) is 1.67. The van der Waals surface area contributed by atoms with E-state index < -0.39 is 42.9 Å². The number of guanidine groups is 1. The Balaban J connectivity index is 2.51. The number of benzene rings is 2. The van der Waals surface area contributed by atoms with E-state index in [1.807, 2.05) is 0 Å². The molecule has 2 aromatic rings. The van der Waals surface area contributed by atoms with Crippen LogP contribution in [0.25, 0.3) is 0 Å². The van der Waals surface area contributed by atoms with Crippen LogP contribution in [0.2, 0.25) is 0 Å². The largest absolute Gasteiger partial charge is 0.490 e. The molecule has 164 valence electrons. The van der Waals surface area contributed by atoms with E-state index in [9.17, 15) is 28.6 Å². The standard InChI is InChI=1S/C16H16N6O8S/c1-10-3-5-11(6-4-10)31(27,28)30-20(16(17)18)19-9-12-13(21(23)24)7-8-14(29-2)15(12)22(25)26/h3-9H,1-2H3,(H3,17,18). The zero-order valence-electron chi connectivity index (χ0n) is 16.1. The third kappa shape index (κ3) is 5.28. The molecule has 2 rings (SSSR count). The summed E-state index contributed by atoms with van der Waals surface area (Å²) in [6.45, 7) is 1.73. The molecule has 0 aromatic heterocycles. The molecule has 31 heavy (non-hydrogen) atoms.